The van der Waals surface area contributed by atoms with Crippen molar-refractivity contribution in [1.82, 2.24) is 14.8 Å². The maximum Gasteiger partial charge on any atom is 0.338 e. The van der Waals surface area contributed by atoms with Gasteiger partial charge in [0.2, 0.25) is 5.91 Å². The molecule has 0 atom stereocenters. The predicted molar refractivity (Wildman–Crippen MR) is 122 cm³/mol. The quantitative estimate of drug-likeness (QED) is 0.287. The van der Waals surface area contributed by atoms with E-state index in [1.165, 1.54) is 11.8 Å². The molecule has 0 saturated heterocycles. The molecule has 7 nitrogen and oxygen atoms in total. The number of hydrogen-bond donors (Lipinski definition) is 1. The zero-order valence-corrected chi connectivity index (χ0v) is 18.1. The molecule has 0 spiro atoms. The number of carbonyl (C=O) groups excluding carboxylic acids is 2. The Morgan fingerprint density at radius 1 is 1.16 bits per heavy atom. The first-order valence-electron chi connectivity index (χ1n) is 9.91. The van der Waals surface area contributed by atoms with Crippen LogP contribution in [0.4, 0.5) is 5.69 Å². The third-order valence-corrected chi connectivity index (χ3v) is 5.18. The summed E-state index contributed by atoms with van der Waals surface area (Å²) >= 11 is 1.29. The third-order valence-electron chi connectivity index (χ3n) is 4.21. The van der Waals surface area contributed by atoms with E-state index in [9.17, 15) is 9.59 Å². The fraction of sp³-hybridized carbons (Fsp3) is 0.217. The van der Waals surface area contributed by atoms with E-state index in [-0.39, 0.29) is 11.7 Å². The van der Waals surface area contributed by atoms with E-state index in [0.717, 1.165) is 17.8 Å². The van der Waals surface area contributed by atoms with Crippen LogP contribution >= 0.6 is 11.8 Å². The summed E-state index contributed by atoms with van der Waals surface area (Å²) in [6.07, 6.45) is 2.52. The zero-order chi connectivity index (χ0) is 22.1. The number of hydrogen-bond acceptors (Lipinski definition) is 6. The molecule has 0 saturated carbocycles. The minimum atomic E-state index is -0.404. The number of nitrogens with zero attached hydrogens (tertiary/aromatic N) is 3. The number of amides is 1. The predicted octanol–water partition coefficient (Wildman–Crippen LogP) is 4.43. The van der Waals surface area contributed by atoms with Gasteiger partial charge < -0.3 is 10.1 Å². The molecule has 1 heterocycles. The van der Waals surface area contributed by atoms with Gasteiger partial charge in [-0.1, -0.05) is 61.2 Å². The van der Waals surface area contributed by atoms with E-state index < -0.39 is 5.97 Å². The number of aromatic nitrogens is 3. The molecular weight excluding hydrogens is 412 g/mol. The lowest BCUT2D eigenvalue weighted by Gasteiger charge is -2.09. The van der Waals surface area contributed by atoms with Gasteiger partial charge in [0.15, 0.2) is 11.0 Å². The molecular formula is C23H24N4O3S. The van der Waals surface area contributed by atoms with Gasteiger partial charge in [-0.05, 0) is 24.6 Å². The Morgan fingerprint density at radius 3 is 2.71 bits per heavy atom. The maximum absolute atomic E-state index is 12.5. The van der Waals surface area contributed by atoms with Crippen molar-refractivity contribution in [2.75, 3.05) is 17.7 Å². The van der Waals surface area contributed by atoms with Crippen LogP contribution in [0, 0.1) is 0 Å². The average Bonchev–Trinajstić information content (AvgIpc) is 3.19. The highest BCUT2D eigenvalue weighted by Crippen LogP contribution is 2.24. The smallest absolute Gasteiger partial charge is 0.338 e. The number of allylic oxidation sites excluding steroid dienone is 1. The van der Waals surface area contributed by atoms with Crippen molar-refractivity contribution in [2.45, 2.75) is 25.0 Å². The molecule has 160 valence electrons. The maximum atomic E-state index is 12.5. The molecule has 0 aliphatic heterocycles. The first kappa shape index (κ1) is 22.3. The molecule has 31 heavy (non-hydrogen) atoms. The van der Waals surface area contributed by atoms with Crippen LogP contribution in [0.25, 0.3) is 11.4 Å². The number of esters is 1. The largest absolute Gasteiger partial charge is 0.462 e. The van der Waals surface area contributed by atoms with Gasteiger partial charge in [0.1, 0.15) is 0 Å². The highest BCUT2D eigenvalue weighted by Gasteiger charge is 2.15. The summed E-state index contributed by atoms with van der Waals surface area (Å²) in [4.78, 5) is 24.5. The van der Waals surface area contributed by atoms with Crippen molar-refractivity contribution in [3.8, 4) is 11.4 Å². The lowest BCUT2D eigenvalue weighted by Crippen LogP contribution is -2.15. The molecule has 1 aromatic heterocycles. The number of rotatable bonds is 10. The summed E-state index contributed by atoms with van der Waals surface area (Å²) in [5, 5.41) is 12.0. The Hall–Kier alpha value is -3.39. The number of benzene rings is 2. The molecule has 0 radical (unpaired) electrons. The Labute approximate surface area is 185 Å². The van der Waals surface area contributed by atoms with Crippen molar-refractivity contribution in [3.05, 3.63) is 72.8 Å². The SMILES string of the molecule is C=CCn1c(SCC(=O)Nc2cccc(C(=O)OCCC)c2)nnc1-c1ccccc1. The average molecular weight is 437 g/mol. The first-order chi connectivity index (χ1) is 15.1. The molecule has 0 aliphatic carbocycles. The van der Waals surface area contributed by atoms with E-state index in [2.05, 4.69) is 22.1 Å². The number of nitrogens with one attached hydrogen (secondary N) is 1. The number of ether oxygens (including phenoxy) is 1. The standard InChI is InChI=1S/C23H24N4O3S/c1-3-13-27-21(17-9-6-5-7-10-17)25-26-23(27)31-16-20(28)24-19-12-8-11-18(15-19)22(29)30-14-4-2/h3,5-12,15H,1,4,13-14,16H2,2H3,(H,24,28). The number of anilines is 1. The van der Waals surface area contributed by atoms with Crippen LogP contribution in [0.5, 0.6) is 0 Å². The highest BCUT2D eigenvalue weighted by atomic mass is 32.2. The van der Waals surface area contributed by atoms with Gasteiger partial charge in [0.25, 0.3) is 0 Å². The lowest BCUT2D eigenvalue weighted by atomic mass is 10.2. The first-order valence-corrected chi connectivity index (χ1v) is 10.9. The molecule has 0 bridgehead atoms. The minimum absolute atomic E-state index is 0.147. The Morgan fingerprint density at radius 2 is 1.97 bits per heavy atom. The normalized spacial score (nSPS) is 10.5. The Bertz CT molecular complexity index is 1050. The topological polar surface area (TPSA) is 86.1 Å². The summed E-state index contributed by atoms with van der Waals surface area (Å²) < 4.78 is 7.06. The zero-order valence-electron chi connectivity index (χ0n) is 17.3. The van der Waals surface area contributed by atoms with Gasteiger partial charge in [-0.15, -0.1) is 16.8 Å². The van der Waals surface area contributed by atoms with E-state index in [4.69, 9.17) is 4.74 Å². The fourth-order valence-electron chi connectivity index (χ4n) is 2.82. The van der Waals surface area contributed by atoms with Crippen molar-refractivity contribution >= 4 is 29.3 Å². The summed E-state index contributed by atoms with van der Waals surface area (Å²) in [7, 11) is 0. The van der Waals surface area contributed by atoms with Gasteiger partial charge in [-0.25, -0.2) is 4.79 Å². The summed E-state index contributed by atoms with van der Waals surface area (Å²) in [5.74, 6) is 0.257. The van der Waals surface area contributed by atoms with Gasteiger partial charge in [-0.3, -0.25) is 9.36 Å². The second-order valence-electron chi connectivity index (χ2n) is 6.63. The Balaban J connectivity index is 1.64. The number of thioether (sulfide) groups is 1. The Kier molecular flexibility index (Phi) is 8.00. The van der Waals surface area contributed by atoms with Crippen LogP contribution in [0.15, 0.2) is 72.4 Å². The van der Waals surface area contributed by atoms with E-state index in [0.29, 0.717) is 29.6 Å². The molecule has 3 rings (SSSR count). The molecule has 0 fully saturated rings. The van der Waals surface area contributed by atoms with Crippen LogP contribution in [-0.4, -0.2) is 39.0 Å². The summed E-state index contributed by atoms with van der Waals surface area (Å²) in [5.41, 5.74) is 1.88. The molecule has 1 amide bonds. The van der Waals surface area contributed by atoms with Crippen molar-refractivity contribution in [3.63, 3.8) is 0 Å². The molecule has 8 heteroatoms. The summed E-state index contributed by atoms with van der Waals surface area (Å²) in [6.45, 7) is 6.63. The molecule has 3 aromatic rings. The van der Waals surface area contributed by atoms with Crippen molar-refractivity contribution < 1.29 is 14.3 Å². The third kappa shape index (κ3) is 6.05. The van der Waals surface area contributed by atoms with E-state index in [1.54, 1.807) is 30.3 Å². The van der Waals surface area contributed by atoms with Crippen LogP contribution in [0.1, 0.15) is 23.7 Å². The second kappa shape index (κ2) is 11.1. The minimum Gasteiger partial charge on any atom is -0.462 e. The molecule has 2 aromatic carbocycles. The van der Waals surface area contributed by atoms with E-state index >= 15 is 0 Å². The van der Waals surface area contributed by atoms with Gasteiger partial charge >= 0.3 is 5.97 Å². The van der Waals surface area contributed by atoms with Crippen LogP contribution < -0.4 is 5.32 Å². The van der Waals surface area contributed by atoms with Crippen molar-refractivity contribution in [1.29, 1.82) is 0 Å². The van der Waals surface area contributed by atoms with Crippen molar-refractivity contribution in [2.24, 2.45) is 0 Å². The lowest BCUT2D eigenvalue weighted by molar-refractivity contribution is -0.113. The molecule has 0 aliphatic rings. The highest BCUT2D eigenvalue weighted by molar-refractivity contribution is 7.99. The van der Waals surface area contributed by atoms with Crippen LogP contribution in [0.3, 0.4) is 0 Å². The second-order valence-corrected chi connectivity index (χ2v) is 7.57. The van der Waals surface area contributed by atoms with Crippen LogP contribution in [0.2, 0.25) is 0 Å². The van der Waals surface area contributed by atoms with Gasteiger partial charge in [0.05, 0.1) is 17.9 Å². The van der Waals surface area contributed by atoms with Gasteiger partial charge in [-0.2, -0.15) is 0 Å². The number of carbonyl (C=O) groups is 2. The monoisotopic (exact) mass is 436 g/mol. The van der Waals surface area contributed by atoms with E-state index in [1.807, 2.05) is 41.8 Å². The molecule has 1 N–H and O–H groups in total. The molecule has 0 unspecified atom stereocenters. The fourth-order valence-corrected chi connectivity index (χ4v) is 3.57. The van der Waals surface area contributed by atoms with Crippen LogP contribution in [-0.2, 0) is 16.1 Å². The van der Waals surface area contributed by atoms with Gasteiger partial charge in [0, 0.05) is 17.8 Å². The summed E-state index contributed by atoms with van der Waals surface area (Å²) in [6, 6.07) is 16.4.